The van der Waals surface area contributed by atoms with Gasteiger partial charge in [-0.2, -0.15) is 18.3 Å². The van der Waals surface area contributed by atoms with Crippen LogP contribution in [0.15, 0.2) is 18.3 Å². The van der Waals surface area contributed by atoms with Gasteiger partial charge < -0.3 is 10.6 Å². The largest absolute Gasteiger partial charge is 0.417 e. The van der Waals surface area contributed by atoms with Crippen molar-refractivity contribution in [1.82, 2.24) is 19.7 Å². The van der Waals surface area contributed by atoms with E-state index in [2.05, 4.69) is 10.1 Å². The molecule has 0 spiro atoms. The first-order valence-corrected chi connectivity index (χ1v) is 8.29. The molecule has 0 saturated carbocycles. The SMILES string of the molecule is Cc1nn(-c2ccc(C(F)(F)F)cn2)c(C)c1CC(=O)N1CCC(N)C1. The summed E-state index contributed by atoms with van der Waals surface area (Å²) in [5, 5.41) is 4.34. The maximum absolute atomic E-state index is 12.7. The van der Waals surface area contributed by atoms with Gasteiger partial charge in [0.15, 0.2) is 5.82 Å². The highest BCUT2D eigenvalue weighted by Crippen LogP contribution is 2.29. The van der Waals surface area contributed by atoms with E-state index in [0.29, 0.717) is 24.5 Å². The summed E-state index contributed by atoms with van der Waals surface area (Å²) < 4.78 is 39.5. The third-order valence-electron chi connectivity index (χ3n) is 4.64. The van der Waals surface area contributed by atoms with Gasteiger partial charge in [0.1, 0.15) is 0 Å². The van der Waals surface area contributed by atoms with Gasteiger partial charge in [-0.3, -0.25) is 4.79 Å². The number of carbonyl (C=O) groups is 1. The minimum atomic E-state index is -4.44. The fourth-order valence-corrected chi connectivity index (χ4v) is 3.11. The van der Waals surface area contributed by atoms with Crippen LogP contribution in [0, 0.1) is 13.8 Å². The molecule has 1 saturated heterocycles. The summed E-state index contributed by atoms with van der Waals surface area (Å²) in [4.78, 5) is 18.1. The zero-order chi connectivity index (χ0) is 19.1. The van der Waals surface area contributed by atoms with Crippen LogP contribution in [-0.2, 0) is 17.4 Å². The molecule has 140 valence electrons. The van der Waals surface area contributed by atoms with Crippen LogP contribution in [0.3, 0.4) is 0 Å². The molecule has 1 amide bonds. The number of carbonyl (C=O) groups excluding carboxylic acids is 1. The maximum atomic E-state index is 12.7. The third kappa shape index (κ3) is 3.57. The molecule has 1 fully saturated rings. The first kappa shape index (κ1) is 18.4. The number of hydrogen-bond donors (Lipinski definition) is 1. The topological polar surface area (TPSA) is 77.0 Å². The van der Waals surface area contributed by atoms with Crippen molar-refractivity contribution in [1.29, 1.82) is 0 Å². The molecule has 1 aliphatic rings. The van der Waals surface area contributed by atoms with Crippen molar-refractivity contribution in [2.24, 2.45) is 5.73 Å². The molecule has 3 rings (SSSR count). The first-order chi connectivity index (χ1) is 12.2. The Hall–Kier alpha value is -2.42. The number of rotatable bonds is 3. The predicted molar refractivity (Wildman–Crippen MR) is 88.7 cm³/mol. The quantitative estimate of drug-likeness (QED) is 0.900. The molecule has 3 heterocycles. The summed E-state index contributed by atoms with van der Waals surface area (Å²) in [7, 11) is 0. The van der Waals surface area contributed by atoms with Crippen molar-refractivity contribution in [3.63, 3.8) is 0 Å². The second-order valence-electron chi connectivity index (χ2n) is 6.53. The summed E-state index contributed by atoms with van der Waals surface area (Å²) in [6.07, 6.45) is -2.68. The summed E-state index contributed by atoms with van der Waals surface area (Å²) in [6.45, 7) is 4.74. The molecule has 9 heteroatoms. The van der Waals surface area contributed by atoms with Crippen LogP contribution < -0.4 is 5.73 Å². The number of likely N-dealkylation sites (tertiary alicyclic amines) is 1. The highest BCUT2D eigenvalue weighted by atomic mass is 19.4. The van der Waals surface area contributed by atoms with Crippen molar-refractivity contribution >= 4 is 5.91 Å². The van der Waals surface area contributed by atoms with Crippen molar-refractivity contribution in [2.75, 3.05) is 13.1 Å². The van der Waals surface area contributed by atoms with Gasteiger partial charge in [-0.25, -0.2) is 9.67 Å². The lowest BCUT2D eigenvalue weighted by molar-refractivity contribution is -0.137. The van der Waals surface area contributed by atoms with Gasteiger partial charge in [-0.05, 0) is 32.4 Å². The van der Waals surface area contributed by atoms with Gasteiger partial charge in [-0.1, -0.05) is 0 Å². The molecule has 0 aromatic carbocycles. The fraction of sp³-hybridized carbons (Fsp3) is 0.471. The molecule has 0 aliphatic carbocycles. The molecule has 2 aromatic heterocycles. The minimum absolute atomic E-state index is 0.0141. The van der Waals surface area contributed by atoms with E-state index in [0.717, 1.165) is 24.2 Å². The Morgan fingerprint density at radius 3 is 2.62 bits per heavy atom. The Balaban J connectivity index is 1.83. The van der Waals surface area contributed by atoms with Crippen molar-refractivity contribution in [2.45, 2.75) is 38.9 Å². The Kier molecular flexibility index (Phi) is 4.74. The smallest absolute Gasteiger partial charge is 0.341 e. The van der Waals surface area contributed by atoms with E-state index in [4.69, 9.17) is 5.73 Å². The molecule has 26 heavy (non-hydrogen) atoms. The van der Waals surface area contributed by atoms with Gasteiger partial charge >= 0.3 is 6.18 Å². The Labute approximate surface area is 148 Å². The molecule has 0 radical (unpaired) electrons. The van der Waals surface area contributed by atoms with E-state index in [1.165, 1.54) is 10.7 Å². The zero-order valence-electron chi connectivity index (χ0n) is 14.5. The molecule has 1 atom stereocenters. The number of alkyl halides is 3. The Morgan fingerprint density at radius 2 is 2.08 bits per heavy atom. The van der Waals surface area contributed by atoms with Crippen molar-refractivity contribution in [3.05, 3.63) is 40.8 Å². The van der Waals surface area contributed by atoms with Crippen LogP contribution in [0.5, 0.6) is 0 Å². The number of nitrogens with zero attached hydrogens (tertiary/aromatic N) is 4. The van der Waals surface area contributed by atoms with Gasteiger partial charge in [0.25, 0.3) is 0 Å². The third-order valence-corrected chi connectivity index (χ3v) is 4.64. The van der Waals surface area contributed by atoms with E-state index in [1.54, 1.807) is 18.7 Å². The molecule has 1 unspecified atom stereocenters. The summed E-state index contributed by atoms with van der Waals surface area (Å²) >= 11 is 0. The van der Waals surface area contributed by atoms with E-state index >= 15 is 0 Å². The van der Waals surface area contributed by atoms with Crippen LogP contribution in [0.1, 0.15) is 28.9 Å². The van der Waals surface area contributed by atoms with E-state index in [-0.39, 0.29) is 24.2 Å². The molecule has 1 aliphatic heterocycles. The number of nitrogens with two attached hydrogens (primary N) is 1. The molecule has 6 nitrogen and oxygen atoms in total. The Morgan fingerprint density at radius 1 is 1.35 bits per heavy atom. The summed E-state index contributed by atoms with van der Waals surface area (Å²) in [5.41, 5.74) is 7.13. The second kappa shape index (κ2) is 6.71. The van der Waals surface area contributed by atoms with Crippen LogP contribution in [0.25, 0.3) is 5.82 Å². The highest BCUT2D eigenvalue weighted by molar-refractivity contribution is 5.79. The van der Waals surface area contributed by atoms with Gasteiger partial charge in [-0.15, -0.1) is 0 Å². The van der Waals surface area contributed by atoms with Crippen LogP contribution in [0.2, 0.25) is 0 Å². The molecule has 0 bridgehead atoms. The Bertz CT molecular complexity index is 813. The van der Waals surface area contributed by atoms with Crippen molar-refractivity contribution in [3.8, 4) is 5.82 Å². The second-order valence-corrected chi connectivity index (χ2v) is 6.53. The van der Waals surface area contributed by atoms with Gasteiger partial charge in [0, 0.05) is 36.6 Å². The number of halogens is 3. The maximum Gasteiger partial charge on any atom is 0.417 e. The van der Waals surface area contributed by atoms with Gasteiger partial charge in [0.2, 0.25) is 5.91 Å². The zero-order valence-corrected chi connectivity index (χ0v) is 14.5. The van der Waals surface area contributed by atoms with Crippen LogP contribution in [0.4, 0.5) is 13.2 Å². The number of amides is 1. The minimum Gasteiger partial charge on any atom is -0.341 e. The lowest BCUT2D eigenvalue weighted by Gasteiger charge is -2.15. The van der Waals surface area contributed by atoms with E-state index in [9.17, 15) is 18.0 Å². The standard InChI is InChI=1S/C17H20F3N5O/c1-10-14(7-16(26)24-6-5-13(21)9-24)11(2)25(23-10)15-4-3-12(8-22-15)17(18,19)20/h3-4,8,13H,5-7,9,21H2,1-2H3. The summed E-state index contributed by atoms with van der Waals surface area (Å²) in [5.74, 6) is 0.254. The highest BCUT2D eigenvalue weighted by Gasteiger charge is 2.31. The van der Waals surface area contributed by atoms with E-state index in [1.807, 2.05) is 0 Å². The number of pyridine rings is 1. The van der Waals surface area contributed by atoms with Crippen molar-refractivity contribution < 1.29 is 18.0 Å². The van der Waals surface area contributed by atoms with E-state index < -0.39 is 11.7 Å². The molecule has 2 aromatic rings. The van der Waals surface area contributed by atoms with Crippen LogP contribution in [-0.4, -0.2) is 44.7 Å². The lowest BCUT2D eigenvalue weighted by Crippen LogP contribution is -2.33. The van der Waals surface area contributed by atoms with Crippen LogP contribution >= 0.6 is 0 Å². The first-order valence-electron chi connectivity index (χ1n) is 8.29. The summed E-state index contributed by atoms with van der Waals surface area (Å²) in [6, 6.07) is 2.25. The fourth-order valence-electron chi connectivity index (χ4n) is 3.11. The number of hydrogen-bond acceptors (Lipinski definition) is 4. The molecular formula is C17H20F3N5O. The average molecular weight is 367 g/mol. The number of aromatic nitrogens is 3. The average Bonchev–Trinajstić information content (AvgIpc) is 3.13. The lowest BCUT2D eigenvalue weighted by atomic mass is 10.1. The monoisotopic (exact) mass is 367 g/mol. The molecular weight excluding hydrogens is 347 g/mol. The normalized spacial score (nSPS) is 17.8. The number of aryl methyl sites for hydroxylation is 1. The molecule has 2 N–H and O–H groups in total. The van der Waals surface area contributed by atoms with Gasteiger partial charge in [0.05, 0.1) is 17.7 Å². The predicted octanol–water partition coefficient (Wildman–Crippen LogP) is 2.01.